The molecular formula is C12H13F2NO5S. The summed E-state index contributed by atoms with van der Waals surface area (Å²) in [6, 6.07) is 0. The second-order valence-corrected chi connectivity index (χ2v) is 7.14. The highest BCUT2D eigenvalue weighted by molar-refractivity contribution is 7.87. The molecule has 0 aromatic rings. The van der Waals surface area contributed by atoms with E-state index in [4.69, 9.17) is 0 Å². The first-order valence-corrected chi connectivity index (χ1v) is 7.98. The van der Waals surface area contributed by atoms with Crippen molar-refractivity contribution in [2.75, 3.05) is 0 Å². The number of rotatable bonds is 4. The number of amides is 2. The van der Waals surface area contributed by atoms with Crippen LogP contribution < -0.4 is 0 Å². The zero-order valence-corrected chi connectivity index (χ0v) is 11.8. The van der Waals surface area contributed by atoms with Crippen LogP contribution in [-0.4, -0.2) is 30.5 Å². The van der Waals surface area contributed by atoms with Gasteiger partial charge in [0.15, 0.2) is 0 Å². The van der Waals surface area contributed by atoms with E-state index in [1.165, 1.54) is 0 Å². The Kier molecular flexibility index (Phi) is 3.00. The first-order chi connectivity index (χ1) is 9.69. The Morgan fingerprint density at radius 2 is 1.71 bits per heavy atom. The SMILES string of the molecule is CCC(F)(F)S(=O)(=O)ON1C(=O)C2C3C=CC(C3)C2C1=O. The van der Waals surface area contributed by atoms with Gasteiger partial charge in [-0.25, -0.2) is 0 Å². The van der Waals surface area contributed by atoms with Crippen molar-refractivity contribution >= 4 is 21.9 Å². The van der Waals surface area contributed by atoms with Crippen LogP contribution in [0.2, 0.25) is 0 Å². The van der Waals surface area contributed by atoms with Crippen LogP contribution in [0.15, 0.2) is 12.2 Å². The lowest BCUT2D eigenvalue weighted by molar-refractivity contribution is -0.167. The molecule has 9 heteroatoms. The van der Waals surface area contributed by atoms with Gasteiger partial charge in [0.1, 0.15) is 0 Å². The van der Waals surface area contributed by atoms with E-state index < -0.39 is 45.4 Å². The summed E-state index contributed by atoms with van der Waals surface area (Å²) in [6.45, 7) is 0.966. The normalized spacial score (nSPS) is 34.9. The Bertz CT molecular complexity index is 614. The molecule has 0 N–H and O–H groups in total. The fourth-order valence-corrected chi connectivity index (χ4v) is 4.08. The molecule has 1 heterocycles. The number of hydrogen-bond donors (Lipinski definition) is 0. The predicted molar refractivity (Wildman–Crippen MR) is 64.8 cm³/mol. The Hall–Kier alpha value is -1.35. The van der Waals surface area contributed by atoms with Gasteiger partial charge in [0.25, 0.3) is 11.8 Å². The molecule has 0 aromatic carbocycles. The molecule has 2 fully saturated rings. The van der Waals surface area contributed by atoms with Gasteiger partial charge >= 0.3 is 15.4 Å². The molecule has 2 amide bonds. The monoisotopic (exact) mass is 321 g/mol. The predicted octanol–water partition coefficient (Wildman–Crippen LogP) is 1.06. The molecule has 4 unspecified atom stereocenters. The quantitative estimate of drug-likeness (QED) is 0.571. The number of carbonyl (C=O) groups excluding carboxylic acids is 2. The molecule has 21 heavy (non-hydrogen) atoms. The highest BCUT2D eigenvalue weighted by Crippen LogP contribution is 2.52. The molecule has 1 saturated carbocycles. The van der Waals surface area contributed by atoms with Crippen LogP contribution >= 0.6 is 0 Å². The third-order valence-corrected chi connectivity index (χ3v) is 5.75. The van der Waals surface area contributed by atoms with Gasteiger partial charge < -0.3 is 0 Å². The van der Waals surface area contributed by atoms with E-state index in [2.05, 4.69) is 4.28 Å². The van der Waals surface area contributed by atoms with Crippen molar-refractivity contribution in [1.29, 1.82) is 0 Å². The number of imide groups is 1. The van der Waals surface area contributed by atoms with Crippen molar-refractivity contribution in [1.82, 2.24) is 5.06 Å². The molecule has 116 valence electrons. The third kappa shape index (κ3) is 1.87. The molecule has 2 aliphatic carbocycles. The Labute approximate surface area is 119 Å². The fraction of sp³-hybridized carbons (Fsp3) is 0.667. The van der Waals surface area contributed by atoms with Gasteiger partial charge in [-0.15, -0.1) is 9.35 Å². The van der Waals surface area contributed by atoms with E-state index in [1.54, 1.807) is 12.2 Å². The molecule has 0 radical (unpaired) electrons. The van der Waals surface area contributed by atoms with E-state index in [9.17, 15) is 26.8 Å². The van der Waals surface area contributed by atoms with E-state index in [1.807, 2.05) is 0 Å². The summed E-state index contributed by atoms with van der Waals surface area (Å²) in [5.74, 6) is -3.40. The van der Waals surface area contributed by atoms with E-state index in [-0.39, 0.29) is 16.9 Å². The van der Waals surface area contributed by atoms with Gasteiger partial charge in [-0.05, 0) is 18.3 Å². The van der Waals surface area contributed by atoms with Crippen LogP contribution in [0.5, 0.6) is 0 Å². The first kappa shape index (κ1) is 14.6. The summed E-state index contributed by atoms with van der Waals surface area (Å²) in [5, 5.41) is -4.14. The number of halogens is 2. The summed E-state index contributed by atoms with van der Waals surface area (Å²) in [4.78, 5) is 24.2. The van der Waals surface area contributed by atoms with Gasteiger partial charge in [0, 0.05) is 6.42 Å². The highest BCUT2D eigenvalue weighted by Gasteiger charge is 2.62. The van der Waals surface area contributed by atoms with Crippen LogP contribution in [0, 0.1) is 23.7 Å². The standard InChI is InChI=1S/C12H13F2NO5S/c1-2-12(13,14)21(18,19)20-15-10(16)8-6-3-4-7(5-6)9(8)11(15)17/h3-4,6-9H,2,5H2,1H3. The van der Waals surface area contributed by atoms with Crippen molar-refractivity contribution in [2.45, 2.75) is 25.0 Å². The van der Waals surface area contributed by atoms with Gasteiger partial charge in [0.05, 0.1) is 11.8 Å². The number of hydroxylamine groups is 2. The molecule has 1 saturated heterocycles. The largest absolute Gasteiger partial charge is 0.371 e. The minimum atomic E-state index is -5.37. The van der Waals surface area contributed by atoms with Crippen molar-refractivity contribution in [3.63, 3.8) is 0 Å². The number of fused-ring (bicyclic) bond motifs is 5. The van der Waals surface area contributed by atoms with Crippen molar-refractivity contribution < 1.29 is 31.1 Å². The maximum atomic E-state index is 13.3. The Balaban J connectivity index is 1.86. The van der Waals surface area contributed by atoms with Crippen molar-refractivity contribution in [2.24, 2.45) is 23.7 Å². The highest BCUT2D eigenvalue weighted by atomic mass is 32.2. The van der Waals surface area contributed by atoms with Crippen molar-refractivity contribution in [3.05, 3.63) is 12.2 Å². The number of hydrogen-bond acceptors (Lipinski definition) is 5. The minimum absolute atomic E-state index is 0.0143. The number of alkyl halides is 2. The van der Waals surface area contributed by atoms with E-state index >= 15 is 0 Å². The molecule has 1 aliphatic heterocycles. The molecule has 3 aliphatic rings. The molecule has 0 spiro atoms. The van der Waals surface area contributed by atoms with E-state index in [0.717, 1.165) is 6.92 Å². The van der Waals surface area contributed by atoms with Crippen LogP contribution in [0.4, 0.5) is 8.78 Å². The van der Waals surface area contributed by atoms with E-state index in [0.29, 0.717) is 6.42 Å². The lowest BCUT2D eigenvalue weighted by Gasteiger charge is -2.19. The third-order valence-electron chi connectivity index (χ3n) is 4.38. The molecule has 0 aromatic heterocycles. The van der Waals surface area contributed by atoms with Crippen LogP contribution in [-0.2, 0) is 24.0 Å². The summed E-state index contributed by atoms with van der Waals surface area (Å²) in [5.41, 5.74) is 0. The Morgan fingerprint density at radius 3 is 2.14 bits per heavy atom. The van der Waals surface area contributed by atoms with Crippen molar-refractivity contribution in [3.8, 4) is 0 Å². The van der Waals surface area contributed by atoms with Gasteiger partial charge in [-0.3, -0.25) is 9.59 Å². The van der Waals surface area contributed by atoms with Crippen LogP contribution in [0.1, 0.15) is 19.8 Å². The minimum Gasteiger partial charge on any atom is -0.272 e. The lowest BCUT2D eigenvalue weighted by Crippen LogP contribution is -2.40. The van der Waals surface area contributed by atoms with Gasteiger partial charge in [0.2, 0.25) is 0 Å². The number of carbonyl (C=O) groups is 2. The molecule has 3 rings (SSSR count). The molecule has 2 bridgehead atoms. The smallest absolute Gasteiger partial charge is 0.272 e. The maximum Gasteiger partial charge on any atom is 0.371 e. The second kappa shape index (κ2) is 4.33. The number of allylic oxidation sites excluding steroid dienone is 2. The van der Waals surface area contributed by atoms with Crippen LogP contribution in [0.3, 0.4) is 0 Å². The lowest BCUT2D eigenvalue weighted by atomic mass is 9.85. The molecule has 6 nitrogen and oxygen atoms in total. The summed E-state index contributed by atoms with van der Waals surface area (Å²) < 4.78 is 53.8. The average molecular weight is 321 g/mol. The molecular weight excluding hydrogens is 308 g/mol. The summed E-state index contributed by atoms with van der Waals surface area (Å²) >= 11 is 0. The topological polar surface area (TPSA) is 80.8 Å². The Morgan fingerprint density at radius 1 is 1.24 bits per heavy atom. The summed E-state index contributed by atoms with van der Waals surface area (Å²) in [7, 11) is -5.37. The fourth-order valence-electron chi connectivity index (χ4n) is 3.28. The average Bonchev–Trinajstić information content (AvgIpc) is 3.08. The number of nitrogens with zero attached hydrogens (tertiary/aromatic N) is 1. The van der Waals surface area contributed by atoms with Gasteiger partial charge in [-0.1, -0.05) is 19.1 Å². The van der Waals surface area contributed by atoms with Crippen LogP contribution in [0.25, 0.3) is 0 Å². The zero-order valence-electron chi connectivity index (χ0n) is 11.0. The summed E-state index contributed by atoms with van der Waals surface area (Å²) in [6.07, 6.45) is 3.25. The first-order valence-electron chi connectivity index (χ1n) is 6.57. The van der Waals surface area contributed by atoms with Gasteiger partial charge in [-0.2, -0.15) is 17.2 Å². The maximum absolute atomic E-state index is 13.3. The zero-order chi connectivity index (χ0) is 15.6. The molecule has 4 atom stereocenters. The second-order valence-electron chi connectivity index (χ2n) is 5.49.